The first-order valence-corrected chi connectivity index (χ1v) is 5.56. The molecule has 6 heteroatoms. The van der Waals surface area contributed by atoms with Gasteiger partial charge in [0.2, 0.25) is 5.95 Å². The lowest BCUT2D eigenvalue weighted by Gasteiger charge is -2.07. The van der Waals surface area contributed by atoms with E-state index in [1.165, 1.54) is 6.07 Å². The van der Waals surface area contributed by atoms with Crippen LogP contribution < -0.4 is 10.1 Å². The zero-order chi connectivity index (χ0) is 13.0. The van der Waals surface area contributed by atoms with E-state index in [1.807, 2.05) is 6.92 Å². The number of hydrogen-bond acceptors (Lipinski definition) is 5. The Morgan fingerprint density at radius 2 is 2.00 bits per heavy atom. The van der Waals surface area contributed by atoms with Crippen molar-refractivity contribution in [3.8, 4) is 17.4 Å². The number of ether oxygens (including phenoxy) is 1. The lowest BCUT2D eigenvalue weighted by Crippen LogP contribution is -2.05. The fraction of sp³-hybridized carbons (Fsp3) is 0.250. The van der Waals surface area contributed by atoms with Gasteiger partial charge in [-0.2, -0.15) is 15.0 Å². The number of halogens is 1. The van der Waals surface area contributed by atoms with E-state index in [0.717, 1.165) is 0 Å². The molecule has 0 amide bonds. The van der Waals surface area contributed by atoms with Crippen molar-refractivity contribution in [2.24, 2.45) is 0 Å². The fourth-order valence-electron chi connectivity index (χ4n) is 1.42. The molecule has 2 aromatic rings. The molecule has 0 aliphatic rings. The summed E-state index contributed by atoms with van der Waals surface area (Å²) in [5.74, 6) is 0.204. The highest BCUT2D eigenvalue weighted by Crippen LogP contribution is 2.21. The van der Waals surface area contributed by atoms with Crippen LogP contribution in [0.5, 0.6) is 6.01 Å². The SMILES string of the molecule is CCOc1nc(NC)nc(-c2ccccc2F)n1. The first-order chi connectivity index (χ1) is 8.74. The van der Waals surface area contributed by atoms with Crippen LogP contribution in [0.1, 0.15) is 6.92 Å². The second-order valence-corrected chi connectivity index (χ2v) is 3.43. The van der Waals surface area contributed by atoms with Crippen LogP contribution in [0.4, 0.5) is 10.3 Å². The quantitative estimate of drug-likeness (QED) is 0.898. The Hall–Kier alpha value is -2.24. The molecule has 1 N–H and O–H groups in total. The average molecular weight is 248 g/mol. The van der Waals surface area contributed by atoms with Gasteiger partial charge in [0.25, 0.3) is 0 Å². The molecule has 0 aliphatic heterocycles. The summed E-state index contributed by atoms with van der Waals surface area (Å²) in [5, 5.41) is 2.79. The van der Waals surface area contributed by atoms with Gasteiger partial charge in [-0.3, -0.25) is 0 Å². The van der Waals surface area contributed by atoms with Crippen molar-refractivity contribution in [2.45, 2.75) is 6.92 Å². The Labute approximate surface area is 104 Å². The predicted molar refractivity (Wildman–Crippen MR) is 65.9 cm³/mol. The number of aromatic nitrogens is 3. The zero-order valence-electron chi connectivity index (χ0n) is 10.1. The van der Waals surface area contributed by atoms with Gasteiger partial charge in [-0.15, -0.1) is 0 Å². The summed E-state index contributed by atoms with van der Waals surface area (Å²) in [7, 11) is 1.68. The summed E-state index contributed by atoms with van der Waals surface area (Å²) in [6.07, 6.45) is 0. The van der Waals surface area contributed by atoms with Gasteiger partial charge in [0.05, 0.1) is 12.2 Å². The molecule has 18 heavy (non-hydrogen) atoms. The fourth-order valence-corrected chi connectivity index (χ4v) is 1.42. The highest BCUT2D eigenvalue weighted by Gasteiger charge is 2.11. The molecule has 5 nitrogen and oxygen atoms in total. The molecule has 0 fully saturated rings. The Morgan fingerprint density at radius 3 is 2.67 bits per heavy atom. The van der Waals surface area contributed by atoms with E-state index in [9.17, 15) is 4.39 Å². The molecule has 1 aromatic heterocycles. The van der Waals surface area contributed by atoms with Crippen LogP contribution >= 0.6 is 0 Å². The zero-order valence-corrected chi connectivity index (χ0v) is 10.1. The molecule has 0 radical (unpaired) electrons. The van der Waals surface area contributed by atoms with E-state index in [-0.39, 0.29) is 17.7 Å². The van der Waals surface area contributed by atoms with E-state index >= 15 is 0 Å². The Bertz CT molecular complexity index is 547. The van der Waals surface area contributed by atoms with Crippen molar-refractivity contribution in [2.75, 3.05) is 19.0 Å². The molecule has 1 heterocycles. The third-order valence-electron chi connectivity index (χ3n) is 2.23. The van der Waals surface area contributed by atoms with Crippen LogP contribution in [0.3, 0.4) is 0 Å². The molecule has 0 saturated carbocycles. The first kappa shape index (κ1) is 12.2. The van der Waals surface area contributed by atoms with Crippen LogP contribution in [0.2, 0.25) is 0 Å². The molecule has 0 spiro atoms. The van der Waals surface area contributed by atoms with E-state index in [1.54, 1.807) is 25.2 Å². The van der Waals surface area contributed by atoms with Crippen LogP contribution in [-0.4, -0.2) is 28.6 Å². The normalized spacial score (nSPS) is 10.2. The molecular formula is C12H13FN4O. The second kappa shape index (κ2) is 5.39. The molecule has 0 atom stereocenters. The van der Waals surface area contributed by atoms with Crippen LogP contribution in [0, 0.1) is 5.82 Å². The topological polar surface area (TPSA) is 59.9 Å². The first-order valence-electron chi connectivity index (χ1n) is 5.56. The summed E-state index contributed by atoms with van der Waals surface area (Å²) < 4.78 is 18.9. The Kier molecular flexibility index (Phi) is 3.66. The molecule has 94 valence electrons. The van der Waals surface area contributed by atoms with Crippen molar-refractivity contribution in [3.63, 3.8) is 0 Å². The number of benzene rings is 1. The van der Waals surface area contributed by atoms with Gasteiger partial charge in [0, 0.05) is 7.05 Å². The van der Waals surface area contributed by atoms with Crippen LogP contribution in [0.15, 0.2) is 24.3 Å². The minimum absolute atomic E-state index is 0.176. The summed E-state index contributed by atoms with van der Waals surface area (Å²) in [6.45, 7) is 2.26. The summed E-state index contributed by atoms with van der Waals surface area (Å²) in [5.41, 5.74) is 0.317. The summed E-state index contributed by atoms with van der Waals surface area (Å²) in [6, 6.07) is 6.48. The lowest BCUT2D eigenvalue weighted by molar-refractivity contribution is 0.312. The molecule has 0 aliphatic carbocycles. The molecule has 0 bridgehead atoms. The minimum Gasteiger partial charge on any atom is -0.464 e. The average Bonchev–Trinajstić information content (AvgIpc) is 2.39. The lowest BCUT2D eigenvalue weighted by atomic mass is 10.2. The molecule has 0 saturated heterocycles. The third-order valence-corrected chi connectivity index (χ3v) is 2.23. The van der Waals surface area contributed by atoms with Crippen molar-refractivity contribution in [3.05, 3.63) is 30.1 Å². The Balaban J connectivity index is 2.50. The number of nitrogens with zero attached hydrogens (tertiary/aromatic N) is 3. The van der Waals surface area contributed by atoms with Gasteiger partial charge in [-0.05, 0) is 19.1 Å². The minimum atomic E-state index is -0.381. The van der Waals surface area contributed by atoms with Crippen LogP contribution in [-0.2, 0) is 0 Å². The molecule has 1 aromatic carbocycles. The maximum atomic E-state index is 13.7. The van der Waals surface area contributed by atoms with E-state index in [2.05, 4.69) is 20.3 Å². The van der Waals surface area contributed by atoms with Crippen molar-refractivity contribution in [1.82, 2.24) is 15.0 Å². The summed E-state index contributed by atoms with van der Waals surface area (Å²) in [4.78, 5) is 12.2. The van der Waals surface area contributed by atoms with Gasteiger partial charge in [0.15, 0.2) is 5.82 Å². The number of nitrogens with one attached hydrogen (secondary N) is 1. The van der Waals surface area contributed by atoms with Crippen molar-refractivity contribution < 1.29 is 9.13 Å². The Morgan fingerprint density at radius 1 is 1.22 bits per heavy atom. The van der Waals surface area contributed by atoms with Gasteiger partial charge in [-0.25, -0.2) is 4.39 Å². The van der Waals surface area contributed by atoms with Crippen LogP contribution in [0.25, 0.3) is 11.4 Å². The number of rotatable bonds is 4. The van der Waals surface area contributed by atoms with Gasteiger partial charge >= 0.3 is 6.01 Å². The third kappa shape index (κ3) is 2.53. The van der Waals surface area contributed by atoms with E-state index in [0.29, 0.717) is 18.1 Å². The maximum Gasteiger partial charge on any atom is 0.321 e. The summed E-state index contributed by atoms with van der Waals surface area (Å²) >= 11 is 0. The number of anilines is 1. The molecule has 0 unspecified atom stereocenters. The largest absolute Gasteiger partial charge is 0.464 e. The van der Waals surface area contributed by atoms with Gasteiger partial charge in [0.1, 0.15) is 5.82 Å². The second-order valence-electron chi connectivity index (χ2n) is 3.43. The van der Waals surface area contributed by atoms with E-state index in [4.69, 9.17) is 4.74 Å². The van der Waals surface area contributed by atoms with Gasteiger partial charge < -0.3 is 10.1 Å². The monoisotopic (exact) mass is 248 g/mol. The smallest absolute Gasteiger partial charge is 0.321 e. The maximum absolute atomic E-state index is 13.7. The number of hydrogen-bond donors (Lipinski definition) is 1. The highest BCUT2D eigenvalue weighted by molar-refractivity contribution is 5.57. The molecular weight excluding hydrogens is 235 g/mol. The van der Waals surface area contributed by atoms with E-state index < -0.39 is 0 Å². The molecule has 2 rings (SSSR count). The predicted octanol–water partition coefficient (Wildman–Crippen LogP) is 2.12. The van der Waals surface area contributed by atoms with Gasteiger partial charge in [-0.1, -0.05) is 12.1 Å². The van der Waals surface area contributed by atoms with Crippen molar-refractivity contribution >= 4 is 5.95 Å². The highest BCUT2D eigenvalue weighted by atomic mass is 19.1. The van der Waals surface area contributed by atoms with Crippen molar-refractivity contribution in [1.29, 1.82) is 0 Å². The standard InChI is InChI=1S/C12H13FN4O/c1-3-18-12-16-10(15-11(14-2)17-12)8-6-4-5-7-9(8)13/h4-7H,3H2,1-2H3,(H,14,15,16,17).